The van der Waals surface area contributed by atoms with Gasteiger partial charge in [-0.15, -0.1) is 0 Å². The number of rotatable bonds is 3. The van der Waals surface area contributed by atoms with Crippen LogP contribution in [0, 0.1) is 5.92 Å². The number of fused-ring (bicyclic) bond motifs is 1. The lowest BCUT2D eigenvalue weighted by Crippen LogP contribution is -2.52. The Labute approximate surface area is 141 Å². The summed E-state index contributed by atoms with van der Waals surface area (Å²) in [7, 11) is 0. The molecular formula is C19H23NO4. The van der Waals surface area contributed by atoms with E-state index in [1.54, 1.807) is 6.07 Å². The van der Waals surface area contributed by atoms with Crippen molar-refractivity contribution in [3.63, 3.8) is 0 Å². The second kappa shape index (κ2) is 5.80. The zero-order valence-electron chi connectivity index (χ0n) is 14.0. The van der Waals surface area contributed by atoms with E-state index in [0.717, 1.165) is 31.4 Å². The fourth-order valence-corrected chi connectivity index (χ4v) is 3.73. The van der Waals surface area contributed by atoms with Crippen molar-refractivity contribution in [2.75, 3.05) is 19.7 Å². The van der Waals surface area contributed by atoms with E-state index in [4.69, 9.17) is 9.47 Å². The Morgan fingerprint density at radius 2 is 2.08 bits per heavy atom. The van der Waals surface area contributed by atoms with Gasteiger partial charge in [0.15, 0.2) is 5.78 Å². The molecule has 128 valence electrons. The van der Waals surface area contributed by atoms with E-state index in [0.29, 0.717) is 37.4 Å². The molecule has 0 bridgehead atoms. The first-order chi connectivity index (χ1) is 11.6. The summed E-state index contributed by atoms with van der Waals surface area (Å²) in [5.74, 6) is 2.01. The number of hydrogen-bond acceptors (Lipinski definition) is 4. The zero-order chi connectivity index (χ0) is 16.7. The van der Waals surface area contributed by atoms with Crippen LogP contribution in [0.1, 0.15) is 49.4 Å². The van der Waals surface area contributed by atoms with Crippen molar-refractivity contribution in [1.29, 1.82) is 0 Å². The van der Waals surface area contributed by atoms with Gasteiger partial charge in [0.05, 0.1) is 18.6 Å². The van der Waals surface area contributed by atoms with Gasteiger partial charge < -0.3 is 14.4 Å². The minimum Gasteiger partial charge on any atom is -0.494 e. The Morgan fingerprint density at radius 3 is 2.75 bits per heavy atom. The van der Waals surface area contributed by atoms with Gasteiger partial charge in [0.2, 0.25) is 5.91 Å². The second-order valence-electron chi connectivity index (χ2n) is 7.08. The first kappa shape index (κ1) is 15.5. The van der Waals surface area contributed by atoms with Gasteiger partial charge in [-0.25, -0.2) is 0 Å². The number of likely N-dealkylation sites (tertiary alicyclic amines) is 1. The summed E-state index contributed by atoms with van der Waals surface area (Å²) in [6.45, 7) is 3.88. The van der Waals surface area contributed by atoms with Gasteiger partial charge in [-0.2, -0.15) is 0 Å². The van der Waals surface area contributed by atoms with Crippen LogP contribution in [0.5, 0.6) is 11.5 Å². The molecule has 2 aliphatic heterocycles. The van der Waals surface area contributed by atoms with Crippen molar-refractivity contribution in [3.05, 3.63) is 23.8 Å². The summed E-state index contributed by atoms with van der Waals surface area (Å²) in [4.78, 5) is 26.7. The molecule has 1 amide bonds. The van der Waals surface area contributed by atoms with Gasteiger partial charge in [-0.05, 0) is 31.9 Å². The fraction of sp³-hybridized carbons (Fsp3) is 0.579. The summed E-state index contributed by atoms with van der Waals surface area (Å²) >= 11 is 0. The smallest absolute Gasteiger partial charge is 0.225 e. The van der Waals surface area contributed by atoms with Crippen molar-refractivity contribution in [3.8, 4) is 11.5 Å². The number of piperidine rings is 1. The average molecular weight is 329 g/mol. The first-order valence-corrected chi connectivity index (χ1v) is 8.88. The van der Waals surface area contributed by atoms with Crippen LogP contribution in [0.3, 0.4) is 0 Å². The van der Waals surface area contributed by atoms with Crippen molar-refractivity contribution >= 4 is 11.7 Å². The Balaban J connectivity index is 1.50. The fourth-order valence-electron chi connectivity index (χ4n) is 3.73. The largest absolute Gasteiger partial charge is 0.494 e. The molecule has 0 atom stereocenters. The highest BCUT2D eigenvalue weighted by atomic mass is 16.5. The summed E-state index contributed by atoms with van der Waals surface area (Å²) in [5.41, 5.74) is 0.176. The molecule has 0 N–H and O–H groups in total. The number of carbonyl (C=O) groups is 2. The number of benzene rings is 1. The number of Topliss-reactive ketones (excluding diaryl/α,β-unsaturated/α-hetero) is 1. The summed E-state index contributed by atoms with van der Waals surface area (Å²) in [6, 6.07) is 5.43. The van der Waals surface area contributed by atoms with Gasteiger partial charge in [0.1, 0.15) is 17.1 Å². The molecule has 0 aromatic heterocycles. The van der Waals surface area contributed by atoms with Crippen molar-refractivity contribution in [2.24, 2.45) is 5.92 Å². The van der Waals surface area contributed by atoms with Crippen molar-refractivity contribution in [2.45, 2.75) is 44.6 Å². The van der Waals surface area contributed by atoms with Gasteiger partial charge in [0, 0.05) is 37.9 Å². The van der Waals surface area contributed by atoms with Crippen LogP contribution >= 0.6 is 0 Å². The third-order valence-electron chi connectivity index (χ3n) is 5.29. The minimum absolute atomic E-state index is 0.126. The summed E-state index contributed by atoms with van der Waals surface area (Å²) < 4.78 is 11.8. The number of amides is 1. The van der Waals surface area contributed by atoms with E-state index in [9.17, 15) is 9.59 Å². The Morgan fingerprint density at radius 1 is 1.33 bits per heavy atom. The number of nitrogens with zero attached hydrogens (tertiary/aromatic N) is 1. The van der Waals surface area contributed by atoms with Crippen LogP contribution < -0.4 is 9.47 Å². The highest BCUT2D eigenvalue weighted by Gasteiger charge is 2.45. The molecule has 1 saturated carbocycles. The van der Waals surface area contributed by atoms with E-state index in [1.807, 2.05) is 24.0 Å². The van der Waals surface area contributed by atoms with E-state index in [1.165, 1.54) is 0 Å². The number of ether oxygens (including phenoxy) is 2. The third-order valence-corrected chi connectivity index (χ3v) is 5.29. The lowest BCUT2D eigenvalue weighted by molar-refractivity contribution is -0.136. The molecule has 2 heterocycles. The topological polar surface area (TPSA) is 55.8 Å². The Hall–Kier alpha value is -2.04. The normalized spacial score (nSPS) is 22.0. The lowest BCUT2D eigenvalue weighted by atomic mass is 9.82. The summed E-state index contributed by atoms with van der Waals surface area (Å²) in [5, 5.41) is 0. The number of carbonyl (C=O) groups excluding carboxylic acids is 2. The molecule has 1 spiro atoms. The molecule has 24 heavy (non-hydrogen) atoms. The van der Waals surface area contributed by atoms with Crippen LogP contribution in [0.25, 0.3) is 0 Å². The zero-order valence-corrected chi connectivity index (χ0v) is 14.0. The Kier molecular flexibility index (Phi) is 3.74. The molecule has 4 rings (SSSR count). The van der Waals surface area contributed by atoms with E-state index >= 15 is 0 Å². The monoisotopic (exact) mass is 329 g/mol. The minimum atomic E-state index is -0.463. The molecule has 5 nitrogen and oxygen atoms in total. The van der Waals surface area contributed by atoms with Crippen LogP contribution in [-0.4, -0.2) is 41.9 Å². The summed E-state index contributed by atoms with van der Waals surface area (Å²) in [6.07, 6.45) is 3.90. The molecule has 1 aromatic carbocycles. The molecule has 1 aromatic rings. The van der Waals surface area contributed by atoms with Crippen LogP contribution in [0.4, 0.5) is 0 Å². The van der Waals surface area contributed by atoms with E-state index in [-0.39, 0.29) is 17.6 Å². The molecule has 0 unspecified atom stereocenters. The lowest BCUT2D eigenvalue weighted by Gasteiger charge is -2.44. The van der Waals surface area contributed by atoms with Crippen molar-refractivity contribution < 1.29 is 19.1 Å². The SMILES string of the molecule is CCOc1ccc2c(c1)OC1(CCN(C(=O)C3CC3)CC1)CC2=O. The number of ketones is 1. The van der Waals surface area contributed by atoms with Crippen LogP contribution in [0.15, 0.2) is 18.2 Å². The predicted octanol–water partition coefficient (Wildman–Crippen LogP) is 2.82. The molecule has 5 heteroatoms. The Bertz CT molecular complexity index is 672. The molecular weight excluding hydrogens is 306 g/mol. The highest BCUT2D eigenvalue weighted by molar-refractivity contribution is 6.00. The molecule has 0 radical (unpaired) electrons. The maximum absolute atomic E-state index is 12.6. The van der Waals surface area contributed by atoms with E-state index in [2.05, 4.69) is 0 Å². The predicted molar refractivity (Wildman–Crippen MR) is 88.5 cm³/mol. The molecule has 2 fully saturated rings. The van der Waals surface area contributed by atoms with Gasteiger partial charge in [-0.1, -0.05) is 0 Å². The van der Waals surface area contributed by atoms with Crippen LogP contribution in [-0.2, 0) is 4.79 Å². The van der Waals surface area contributed by atoms with Gasteiger partial charge in [-0.3, -0.25) is 9.59 Å². The average Bonchev–Trinajstić information content (AvgIpc) is 3.40. The van der Waals surface area contributed by atoms with Crippen LogP contribution in [0.2, 0.25) is 0 Å². The molecule has 3 aliphatic rings. The maximum atomic E-state index is 12.6. The van der Waals surface area contributed by atoms with Gasteiger partial charge >= 0.3 is 0 Å². The molecule has 1 aliphatic carbocycles. The quantitative estimate of drug-likeness (QED) is 0.856. The van der Waals surface area contributed by atoms with Gasteiger partial charge in [0.25, 0.3) is 0 Å². The second-order valence-corrected chi connectivity index (χ2v) is 7.08. The highest BCUT2D eigenvalue weighted by Crippen LogP contribution is 2.41. The first-order valence-electron chi connectivity index (χ1n) is 8.88. The number of hydrogen-bond donors (Lipinski definition) is 0. The van der Waals surface area contributed by atoms with E-state index < -0.39 is 5.60 Å². The molecule has 1 saturated heterocycles. The van der Waals surface area contributed by atoms with Crippen molar-refractivity contribution in [1.82, 2.24) is 4.90 Å². The standard InChI is InChI=1S/C19H23NO4/c1-2-23-14-5-6-15-16(21)12-19(24-17(15)11-14)7-9-20(10-8-19)18(22)13-3-4-13/h5-6,11,13H,2-4,7-10,12H2,1H3. The third kappa shape index (κ3) is 2.76. The maximum Gasteiger partial charge on any atom is 0.225 e.